The van der Waals surface area contributed by atoms with Gasteiger partial charge in [-0.1, -0.05) is 68.2 Å². The summed E-state index contributed by atoms with van der Waals surface area (Å²) in [6, 6.07) is 17.7. The van der Waals surface area contributed by atoms with Crippen LogP contribution in [0.15, 0.2) is 60.7 Å². The summed E-state index contributed by atoms with van der Waals surface area (Å²) in [7, 11) is 0. The fourth-order valence-corrected chi connectivity index (χ4v) is 4.94. The van der Waals surface area contributed by atoms with Crippen molar-refractivity contribution in [3.63, 3.8) is 0 Å². The van der Waals surface area contributed by atoms with Crippen LogP contribution in [0, 0.1) is 0 Å². The van der Waals surface area contributed by atoms with Crippen molar-refractivity contribution < 1.29 is 19.1 Å². The van der Waals surface area contributed by atoms with Gasteiger partial charge in [-0.05, 0) is 35.7 Å². The van der Waals surface area contributed by atoms with Crippen molar-refractivity contribution in [2.24, 2.45) is 0 Å². The highest BCUT2D eigenvalue weighted by Crippen LogP contribution is 2.31. The van der Waals surface area contributed by atoms with Gasteiger partial charge in [-0.25, -0.2) is 4.68 Å². The Labute approximate surface area is 249 Å². The van der Waals surface area contributed by atoms with Gasteiger partial charge in [-0.2, -0.15) is 5.10 Å². The summed E-state index contributed by atoms with van der Waals surface area (Å²) in [6.07, 6.45) is 0. The van der Waals surface area contributed by atoms with Crippen molar-refractivity contribution in [2.45, 2.75) is 26.2 Å². The molecule has 1 aliphatic rings. The molecule has 2 heterocycles. The zero-order chi connectivity index (χ0) is 29.1. The Morgan fingerprint density at radius 1 is 0.976 bits per heavy atom. The summed E-state index contributed by atoms with van der Waals surface area (Å²) in [5.74, 6) is -0.435. The standard InChI is InChI=1S/C31H32Cl2N4O4/c1-31(2,3)27-19-28(37(35-27)20-8-10-24(32)25(33)18-20)34-30(39)29(38)23-9-11-26(22-7-5-4-6-21(22)23)41-17-14-36-12-15-40-16-13-36/h4-11,18-19H,12-17H2,1-3H3,(H,34,39). The molecular formula is C31H32Cl2N4O4. The van der Waals surface area contributed by atoms with Gasteiger partial charge in [0.15, 0.2) is 0 Å². The van der Waals surface area contributed by atoms with Gasteiger partial charge in [0.1, 0.15) is 18.2 Å². The van der Waals surface area contributed by atoms with Crippen LogP contribution in [0.5, 0.6) is 5.75 Å². The van der Waals surface area contributed by atoms with Crippen LogP contribution in [0.3, 0.4) is 0 Å². The average Bonchev–Trinajstić information content (AvgIpc) is 3.39. The molecule has 214 valence electrons. The van der Waals surface area contributed by atoms with Crippen LogP contribution >= 0.6 is 23.2 Å². The molecular weight excluding hydrogens is 563 g/mol. The van der Waals surface area contributed by atoms with Gasteiger partial charge in [0.2, 0.25) is 0 Å². The number of amides is 1. The number of rotatable bonds is 8. The Balaban J connectivity index is 1.39. The predicted octanol–water partition coefficient (Wildman–Crippen LogP) is 6.16. The summed E-state index contributed by atoms with van der Waals surface area (Å²) in [6.45, 7) is 10.6. The summed E-state index contributed by atoms with van der Waals surface area (Å²) in [4.78, 5) is 29.2. The Bertz CT molecular complexity index is 1590. The van der Waals surface area contributed by atoms with Gasteiger partial charge >= 0.3 is 0 Å². The van der Waals surface area contributed by atoms with Crippen molar-refractivity contribution >= 4 is 51.5 Å². The third-order valence-corrected chi connectivity index (χ3v) is 7.71. The lowest BCUT2D eigenvalue weighted by atomic mass is 9.92. The third-order valence-electron chi connectivity index (χ3n) is 6.97. The zero-order valence-corrected chi connectivity index (χ0v) is 24.8. The molecule has 8 nitrogen and oxygen atoms in total. The van der Waals surface area contributed by atoms with Crippen LogP contribution < -0.4 is 10.1 Å². The molecule has 0 radical (unpaired) electrons. The van der Waals surface area contributed by atoms with E-state index in [1.54, 1.807) is 41.1 Å². The highest BCUT2D eigenvalue weighted by atomic mass is 35.5. The first kappa shape index (κ1) is 29.1. The minimum absolute atomic E-state index is 0.287. The molecule has 4 aromatic rings. The fraction of sp³-hybridized carbons (Fsp3) is 0.323. The maximum atomic E-state index is 13.5. The van der Waals surface area contributed by atoms with Gasteiger partial charge in [0.05, 0.1) is 34.6 Å². The van der Waals surface area contributed by atoms with E-state index in [0.29, 0.717) is 39.3 Å². The molecule has 5 rings (SSSR count). The van der Waals surface area contributed by atoms with E-state index in [4.69, 9.17) is 37.8 Å². The van der Waals surface area contributed by atoms with Crippen molar-refractivity contribution in [1.29, 1.82) is 0 Å². The predicted molar refractivity (Wildman–Crippen MR) is 162 cm³/mol. The quantitative estimate of drug-likeness (QED) is 0.194. The molecule has 1 N–H and O–H groups in total. The SMILES string of the molecule is CC(C)(C)c1cc(NC(=O)C(=O)c2ccc(OCCN3CCOCC3)c3ccccc23)n(-c2ccc(Cl)c(Cl)c2)n1. The number of carbonyl (C=O) groups excluding carboxylic acids is 2. The van der Waals surface area contributed by atoms with Gasteiger partial charge in [-0.3, -0.25) is 14.5 Å². The van der Waals surface area contributed by atoms with E-state index in [0.717, 1.165) is 43.9 Å². The fourth-order valence-electron chi connectivity index (χ4n) is 4.65. The molecule has 0 atom stereocenters. The minimum Gasteiger partial charge on any atom is -0.492 e. The molecule has 41 heavy (non-hydrogen) atoms. The molecule has 10 heteroatoms. The van der Waals surface area contributed by atoms with E-state index in [1.807, 2.05) is 45.0 Å². The molecule has 0 saturated carbocycles. The number of morpholine rings is 1. The summed E-state index contributed by atoms with van der Waals surface area (Å²) >= 11 is 12.4. The number of carbonyl (C=O) groups is 2. The van der Waals surface area contributed by atoms with Crippen LogP contribution in [0.25, 0.3) is 16.5 Å². The number of ether oxygens (including phenoxy) is 2. The lowest BCUT2D eigenvalue weighted by Crippen LogP contribution is -2.38. The molecule has 1 aliphatic heterocycles. The number of nitrogens with one attached hydrogen (secondary N) is 1. The first-order chi connectivity index (χ1) is 19.6. The van der Waals surface area contributed by atoms with Crippen LogP contribution in [-0.4, -0.2) is 65.8 Å². The van der Waals surface area contributed by atoms with Gasteiger partial charge < -0.3 is 14.8 Å². The Morgan fingerprint density at radius 3 is 2.41 bits per heavy atom. The topological polar surface area (TPSA) is 85.7 Å². The molecule has 0 spiro atoms. The number of fused-ring (bicyclic) bond motifs is 1. The molecule has 1 amide bonds. The molecule has 1 fully saturated rings. The van der Waals surface area contributed by atoms with Crippen molar-refractivity contribution in [3.8, 4) is 11.4 Å². The lowest BCUT2D eigenvalue weighted by molar-refractivity contribution is -0.112. The minimum atomic E-state index is -0.780. The molecule has 1 saturated heterocycles. The number of halogens is 2. The van der Waals surface area contributed by atoms with Crippen LogP contribution in [0.2, 0.25) is 10.0 Å². The number of anilines is 1. The van der Waals surface area contributed by atoms with Crippen molar-refractivity contribution in [1.82, 2.24) is 14.7 Å². The number of benzene rings is 3. The molecule has 0 aliphatic carbocycles. The monoisotopic (exact) mass is 594 g/mol. The van der Waals surface area contributed by atoms with E-state index in [-0.39, 0.29) is 11.0 Å². The largest absolute Gasteiger partial charge is 0.492 e. The van der Waals surface area contributed by atoms with Gasteiger partial charge in [0, 0.05) is 42.1 Å². The van der Waals surface area contributed by atoms with Crippen LogP contribution in [-0.2, 0) is 14.9 Å². The van der Waals surface area contributed by atoms with E-state index < -0.39 is 11.7 Å². The molecule has 3 aromatic carbocycles. The summed E-state index contributed by atoms with van der Waals surface area (Å²) in [5.41, 5.74) is 1.31. The Hall–Kier alpha value is -3.43. The number of hydrogen-bond donors (Lipinski definition) is 1. The van der Waals surface area contributed by atoms with Crippen molar-refractivity contribution in [2.75, 3.05) is 44.8 Å². The van der Waals surface area contributed by atoms with E-state index >= 15 is 0 Å². The first-order valence-electron chi connectivity index (χ1n) is 13.5. The highest BCUT2D eigenvalue weighted by molar-refractivity contribution is 6.48. The van der Waals surface area contributed by atoms with Gasteiger partial charge in [-0.15, -0.1) is 0 Å². The first-order valence-corrected chi connectivity index (χ1v) is 14.2. The second-order valence-electron chi connectivity index (χ2n) is 10.9. The highest BCUT2D eigenvalue weighted by Gasteiger charge is 2.25. The van der Waals surface area contributed by atoms with Crippen LogP contribution in [0.1, 0.15) is 36.8 Å². The average molecular weight is 596 g/mol. The Kier molecular flexibility index (Phi) is 8.66. The van der Waals surface area contributed by atoms with E-state index in [9.17, 15) is 9.59 Å². The second kappa shape index (κ2) is 12.2. The maximum Gasteiger partial charge on any atom is 0.297 e. The van der Waals surface area contributed by atoms with E-state index in [1.165, 1.54) is 0 Å². The Morgan fingerprint density at radius 2 is 1.71 bits per heavy atom. The molecule has 0 bridgehead atoms. The normalized spacial score (nSPS) is 14.3. The smallest absolute Gasteiger partial charge is 0.297 e. The molecule has 1 aromatic heterocycles. The second-order valence-corrected chi connectivity index (χ2v) is 11.7. The van der Waals surface area contributed by atoms with E-state index in [2.05, 4.69) is 10.2 Å². The summed E-state index contributed by atoms with van der Waals surface area (Å²) < 4.78 is 13.1. The van der Waals surface area contributed by atoms with Gasteiger partial charge in [0.25, 0.3) is 11.7 Å². The van der Waals surface area contributed by atoms with Crippen LogP contribution in [0.4, 0.5) is 5.82 Å². The summed E-state index contributed by atoms with van der Waals surface area (Å²) in [5, 5.41) is 9.63. The number of ketones is 1. The number of nitrogens with zero attached hydrogens (tertiary/aromatic N) is 3. The number of hydrogen-bond acceptors (Lipinski definition) is 6. The van der Waals surface area contributed by atoms with Crippen molar-refractivity contribution in [3.05, 3.63) is 82.0 Å². The number of aromatic nitrogens is 2. The number of Topliss-reactive ketones (excluding diaryl/α,β-unsaturated/α-hetero) is 1. The zero-order valence-electron chi connectivity index (χ0n) is 23.2. The third kappa shape index (κ3) is 6.57. The lowest BCUT2D eigenvalue weighted by Gasteiger charge is -2.26. The maximum absolute atomic E-state index is 13.5. The molecule has 0 unspecified atom stereocenters.